The summed E-state index contributed by atoms with van der Waals surface area (Å²) in [6, 6.07) is 8.64. The molecule has 1 amide bonds. The summed E-state index contributed by atoms with van der Waals surface area (Å²) in [7, 11) is 2.15. The molecule has 158 valence electrons. The van der Waals surface area contributed by atoms with Gasteiger partial charge in [0, 0.05) is 62.3 Å². The van der Waals surface area contributed by atoms with Crippen molar-refractivity contribution in [3.63, 3.8) is 0 Å². The number of hydrogen-bond acceptors (Lipinski definition) is 5. The lowest BCUT2D eigenvalue weighted by Crippen LogP contribution is -2.51. The van der Waals surface area contributed by atoms with Crippen LogP contribution in [0.4, 0.5) is 0 Å². The number of pyridine rings is 1. The van der Waals surface area contributed by atoms with Crippen molar-refractivity contribution in [3.05, 3.63) is 41.6 Å². The minimum Gasteiger partial charge on any atom is -0.341 e. The molecular formula is C24H31N5O. The topological polar surface area (TPSA) is 52.0 Å². The largest absolute Gasteiger partial charge is 0.341 e. The molecule has 3 aliphatic heterocycles. The van der Waals surface area contributed by atoms with Gasteiger partial charge in [0.05, 0.1) is 24.3 Å². The first-order valence-electron chi connectivity index (χ1n) is 11.2. The molecule has 0 aliphatic carbocycles. The molecule has 0 unspecified atom stereocenters. The van der Waals surface area contributed by atoms with Gasteiger partial charge in [-0.25, -0.2) is 0 Å². The second kappa shape index (κ2) is 8.08. The van der Waals surface area contributed by atoms with Crippen molar-refractivity contribution < 1.29 is 4.79 Å². The van der Waals surface area contributed by atoms with Crippen molar-refractivity contribution in [2.75, 3.05) is 59.4 Å². The Morgan fingerprint density at radius 3 is 2.70 bits per heavy atom. The normalized spacial score (nSPS) is 25.4. The number of nitrogens with zero attached hydrogens (tertiary/aromatic N) is 5. The van der Waals surface area contributed by atoms with Crippen LogP contribution in [0.1, 0.15) is 30.4 Å². The third-order valence-electron chi connectivity index (χ3n) is 6.84. The second-order valence-electron chi connectivity index (χ2n) is 9.28. The Morgan fingerprint density at radius 1 is 1.13 bits per heavy atom. The molecule has 4 heterocycles. The Bertz CT molecular complexity index is 979. The monoisotopic (exact) mass is 405 g/mol. The van der Waals surface area contributed by atoms with Crippen molar-refractivity contribution in [1.82, 2.24) is 19.7 Å². The first-order chi connectivity index (χ1) is 14.6. The number of fused-ring (bicyclic) bond motifs is 1. The van der Waals surface area contributed by atoms with Gasteiger partial charge in [0.1, 0.15) is 0 Å². The maximum absolute atomic E-state index is 13.1. The zero-order valence-electron chi connectivity index (χ0n) is 18.0. The minimum atomic E-state index is 0.280. The molecule has 6 heteroatoms. The summed E-state index contributed by atoms with van der Waals surface area (Å²) in [5.41, 5.74) is 4.71. The molecule has 0 spiro atoms. The fourth-order valence-electron chi connectivity index (χ4n) is 5.07. The average molecular weight is 406 g/mol. The van der Waals surface area contributed by atoms with Crippen LogP contribution in [-0.2, 0) is 4.79 Å². The second-order valence-corrected chi connectivity index (χ2v) is 9.28. The van der Waals surface area contributed by atoms with Gasteiger partial charge in [-0.1, -0.05) is 25.1 Å². The Hall–Kier alpha value is -2.31. The summed E-state index contributed by atoms with van der Waals surface area (Å²) in [4.78, 5) is 28.9. The van der Waals surface area contributed by atoms with Crippen LogP contribution < -0.4 is 0 Å². The summed E-state index contributed by atoms with van der Waals surface area (Å²) < 4.78 is 0. The molecule has 0 saturated carbocycles. The molecule has 6 nitrogen and oxygen atoms in total. The number of carbonyl (C=O) groups is 1. The van der Waals surface area contributed by atoms with Gasteiger partial charge in [0.25, 0.3) is 0 Å². The lowest BCUT2D eigenvalue weighted by molar-refractivity contribution is -0.134. The van der Waals surface area contributed by atoms with Crippen LogP contribution in [0, 0.1) is 5.92 Å². The summed E-state index contributed by atoms with van der Waals surface area (Å²) in [6.45, 7) is 9.39. The lowest BCUT2D eigenvalue weighted by atomic mass is 9.83. The highest BCUT2D eigenvalue weighted by molar-refractivity contribution is 6.17. The standard InChI is InChI=1S/C24H31N5O/c1-17-12-18(15-29(14-17)23(30)16-28-10-8-27(2)9-11-28)19-5-6-21(22-13-26-22)24-20(19)4-3-7-25-24/h3-7,17-18H,8-16H2,1-2H3/t17-,18-/m1/s1. The van der Waals surface area contributed by atoms with E-state index in [0.29, 0.717) is 18.4 Å². The van der Waals surface area contributed by atoms with Crippen LogP contribution in [0.5, 0.6) is 0 Å². The molecular weight excluding hydrogens is 374 g/mol. The molecule has 3 aliphatic rings. The van der Waals surface area contributed by atoms with E-state index in [1.807, 2.05) is 12.3 Å². The number of aliphatic imine (C=N–C) groups is 1. The maximum atomic E-state index is 13.1. The zero-order valence-corrected chi connectivity index (χ0v) is 18.0. The van der Waals surface area contributed by atoms with Gasteiger partial charge in [-0.15, -0.1) is 0 Å². The van der Waals surface area contributed by atoms with Gasteiger partial charge in [-0.05, 0) is 31.0 Å². The molecule has 30 heavy (non-hydrogen) atoms. The molecule has 5 rings (SSSR count). The average Bonchev–Trinajstić information content (AvgIpc) is 3.59. The predicted octanol–water partition coefficient (Wildman–Crippen LogP) is 2.24. The van der Waals surface area contributed by atoms with E-state index in [4.69, 9.17) is 0 Å². The van der Waals surface area contributed by atoms with Gasteiger partial charge < -0.3 is 9.80 Å². The number of piperazine rings is 1. The molecule has 0 N–H and O–H groups in total. The van der Waals surface area contributed by atoms with Gasteiger partial charge in [-0.3, -0.25) is 19.7 Å². The van der Waals surface area contributed by atoms with Crippen molar-refractivity contribution in [1.29, 1.82) is 0 Å². The molecule has 1 aromatic carbocycles. The van der Waals surface area contributed by atoms with Crippen molar-refractivity contribution >= 4 is 22.5 Å². The molecule has 2 saturated heterocycles. The fourth-order valence-corrected chi connectivity index (χ4v) is 5.07. The Morgan fingerprint density at radius 2 is 1.93 bits per heavy atom. The maximum Gasteiger partial charge on any atom is 0.236 e. The number of rotatable bonds is 4. The third-order valence-corrected chi connectivity index (χ3v) is 6.84. The van der Waals surface area contributed by atoms with Crippen molar-refractivity contribution in [2.45, 2.75) is 19.3 Å². The molecule has 2 atom stereocenters. The quantitative estimate of drug-likeness (QED) is 0.783. The van der Waals surface area contributed by atoms with Gasteiger partial charge in [-0.2, -0.15) is 0 Å². The van der Waals surface area contributed by atoms with Gasteiger partial charge >= 0.3 is 0 Å². The highest BCUT2D eigenvalue weighted by Gasteiger charge is 2.31. The first-order valence-corrected chi connectivity index (χ1v) is 11.2. The number of hydrogen-bond donors (Lipinski definition) is 0. The Balaban J connectivity index is 1.36. The van der Waals surface area contributed by atoms with Crippen LogP contribution in [0.2, 0.25) is 0 Å². The minimum absolute atomic E-state index is 0.280. The number of aromatic nitrogens is 1. The molecule has 0 radical (unpaired) electrons. The fraction of sp³-hybridized carbons (Fsp3) is 0.542. The van der Waals surface area contributed by atoms with Crippen LogP contribution in [0.3, 0.4) is 0 Å². The number of carbonyl (C=O) groups excluding carboxylic acids is 1. The number of likely N-dealkylation sites (tertiary alicyclic amines) is 1. The smallest absolute Gasteiger partial charge is 0.236 e. The van der Waals surface area contributed by atoms with E-state index in [0.717, 1.165) is 63.5 Å². The summed E-state index contributed by atoms with van der Waals surface area (Å²) in [6.07, 6.45) is 2.98. The van der Waals surface area contributed by atoms with E-state index in [2.05, 4.69) is 56.8 Å². The first kappa shape index (κ1) is 19.6. The summed E-state index contributed by atoms with van der Waals surface area (Å²) in [5.74, 6) is 1.13. The molecule has 2 aromatic rings. The van der Waals surface area contributed by atoms with E-state index < -0.39 is 0 Å². The number of benzene rings is 1. The Labute approximate surface area is 178 Å². The molecule has 2 fully saturated rings. The van der Waals surface area contributed by atoms with Crippen molar-refractivity contribution in [2.24, 2.45) is 10.9 Å². The SMILES string of the molecule is C[C@@H]1C[C@@H](c2ccc(C3=NC3)c3ncccc23)CN(C(=O)CN2CCN(C)CC2)C1. The lowest BCUT2D eigenvalue weighted by Gasteiger charge is -2.39. The highest BCUT2D eigenvalue weighted by atomic mass is 16.2. The van der Waals surface area contributed by atoms with Crippen LogP contribution >= 0.6 is 0 Å². The zero-order chi connectivity index (χ0) is 20.7. The summed E-state index contributed by atoms with van der Waals surface area (Å²) in [5, 5.41) is 1.22. The Kier molecular flexibility index (Phi) is 5.29. The highest BCUT2D eigenvalue weighted by Crippen LogP contribution is 2.35. The summed E-state index contributed by atoms with van der Waals surface area (Å²) >= 11 is 0. The number of piperidine rings is 1. The van der Waals surface area contributed by atoms with E-state index in [1.54, 1.807) is 0 Å². The van der Waals surface area contributed by atoms with E-state index >= 15 is 0 Å². The van der Waals surface area contributed by atoms with Gasteiger partial charge in [0.15, 0.2) is 0 Å². The molecule has 0 bridgehead atoms. The third kappa shape index (κ3) is 3.98. The molecule has 1 aromatic heterocycles. The number of amides is 1. The van der Waals surface area contributed by atoms with E-state index in [1.165, 1.54) is 16.5 Å². The van der Waals surface area contributed by atoms with E-state index in [-0.39, 0.29) is 5.91 Å². The van der Waals surface area contributed by atoms with Crippen molar-refractivity contribution in [3.8, 4) is 0 Å². The van der Waals surface area contributed by atoms with Gasteiger partial charge in [0.2, 0.25) is 5.91 Å². The van der Waals surface area contributed by atoms with Crippen LogP contribution in [0.15, 0.2) is 35.5 Å². The predicted molar refractivity (Wildman–Crippen MR) is 120 cm³/mol. The van der Waals surface area contributed by atoms with Crippen LogP contribution in [-0.4, -0.2) is 90.7 Å². The number of likely N-dealkylation sites (N-methyl/N-ethyl adjacent to an activating group) is 1. The van der Waals surface area contributed by atoms with Crippen LogP contribution in [0.25, 0.3) is 10.9 Å². The van der Waals surface area contributed by atoms with E-state index in [9.17, 15) is 4.79 Å².